The normalized spacial score (nSPS) is 16.3. The summed E-state index contributed by atoms with van der Waals surface area (Å²) in [7, 11) is 0. The standard InChI is InChI=1S/C15H23NO2/c17-8-7-15(11-18)16-10-12-5-6-13-3-1-2-4-14(13)9-12/h5-6,9,15-18H,1-4,7-8,10-11H2. The number of benzene rings is 1. The van der Waals surface area contributed by atoms with Gasteiger partial charge in [-0.1, -0.05) is 18.2 Å². The van der Waals surface area contributed by atoms with Crippen LogP contribution < -0.4 is 5.32 Å². The number of aliphatic hydroxyl groups excluding tert-OH is 2. The van der Waals surface area contributed by atoms with Crippen LogP contribution in [0.3, 0.4) is 0 Å². The maximum atomic E-state index is 9.15. The highest BCUT2D eigenvalue weighted by Crippen LogP contribution is 2.22. The van der Waals surface area contributed by atoms with Crippen LogP contribution in [0.4, 0.5) is 0 Å². The number of aliphatic hydroxyl groups is 2. The summed E-state index contributed by atoms with van der Waals surface area (Å²) >= 11 is 0. The molecule has 1 atom stereocenters. The van der Waals surface area contributed by atoms with Crippen molar-refractivity contribution >= 4 is 0 Å². The van der Waals surface area contributed by atoms with Gasteiger partial charge in [0.15, 0.2) is 0 Å². The molecule has 0 amide bonds. The van der Waals surface area contributed by atoms with Crippen molar-refractivity contribution in [3.63, 3.8) is 0 Å². The average molecular weight is 249 g/mol. The van der Waals surface area contributed by atoms with Crippen molar-refractivity contribution < 1.29 is 10.2 Å². The van der Waals surface area contributed by atoms with E-state index in [1.54, 1.807) is 0 Å². The van der Waals surface area contributed by atoms with E-state index in [-0.39, 0.29) is 19.3 Å². The Morgan fingerprint density at radius 2 is 1.89 bits per heavy atom. The van der Waals surface area contributed by atoms with Crippen LogP contribution in [0.15, 0.2) is 18.2 Å². The Labute approximate surface area is 109 Å². The van der Waals surface area contributed by atoms with Crippen molar-refractivity contribution in [3.8, 4) is 0 Å². The number of hydrogen-bond acceptors (Lipinski definition) is 3. The van der Waals surface area contributed by atoms with Crippen molar-refractivity contribution in [2.24, 2.45) is 0 Å². The fourth-order valence-corrected chi connectivity index (χ4v) is 2.57. The molecular formula is C15H23NO2. The first-order chi connectivity index (χ1) is 8.83. The fourth-order valence-electron chi connectivity index (χ4n) is 2.57. The van der Waals surface area contributed by atoms with Gasteiger partial charge >= 0.3 is 0 Å². The molecule has 0 aromatic heterocycles. The molecule has 1 aromatic carbocycles. The molecule has 0 fully saturated rings. The summed E-state index contributed by atoms with van der Waals surface area (Å²) < 4.78 is 0. The number of nitrogens with one attached hydrogen (secondary N) is 1. The van der Waals surface area contributed by atoms with Crippen LogP contribution in [-0.4, -0.2) is 29.5 Å². The minimum atomic E-state index is -0.00830. The monoisotopic (exact) mass is 249 g/mol. The van der Waals surface area contributed by atoms with E-state index in [9.17, 15) is 0 Å². The van der Waals surface area contributed by atoms with Gasteiger partial charge in [-0.3, -0.25) is 0 Å². The molecule has 0 radical (unpaired) electrons. The van der Waals surface area contributed by atoms with Gasteiger partial charge in [0, 0.05) is 19.2 Å². The average Bonchev–Trinajstić information content (AvgIpc) is 2.43. The van der Waals surface area contributed by atoms with Gasteiger partial charge in [-0.2, -0.15) is 0 Å². The Morgan fingerprint density at radius 3 is 2.61 bits per heavy atom. The topological polar surface area (TPSA) is 52.5 Å². The Hall–Kier alpha value is -0.900. The van der Waals surface area contributed by atoms with Crippen LogP contribution in [0.1, 0.15) is 36.0 Å². The lowest BCUT2D eigenvalue weighted by Crippen LogP contribution is -2.32. The van der Waals surface area contributed by atoms with Crippen molar-refractivity contribution in [3.05, 3.63) is 34.9 Å². The van der Waals surface area contributed by atoms with Gasteiger partial charge in [0.25, 0.3) is 0 Å². The number of hydrogen-bond donors (Lipinski definition) is 3. The van der Waals surface area contributed by atoms with Crippen LogP contribution in [0, 0.1) is 0 Å². The highest BCUT2D eigenvalue weighted by molar-refractivity contribution is 5.33. The van der Waals surface area contributed by atoms with Crippen molar-refractivity contribution in [1.29, 1.82) is 0 Å². The Balaban J connectivity index is 1.93. The second-order valence-corrected chi connectivity index (χ2v) is 5.08. The summed E-state index contributed by atoms with van der Waals surface area (Å²) in [5, 5.41) is 21.3. The first kappa shape index (κ1) is 13.5. The maximum absolute atomic E-state index is 9.15. The summed E-state index contributed by atoms with van der Waals surface area (Å²) in [4.78, 5) is 0. The zero-order valence-corrected chi connectivity index (χ0v) is 10.9. The third kappa shape index (κ3) is 3.55. The molecule has 0 spiro atoms. The van der Waals surface area contributed by atoms with E-state index >= 15 is 0 Å². The SMILES string of the molecule is OCCC(CO)NCc1ccc2c(c1)CCCC2. The summed E-state index contributed by atoms with van der Waals surface area (Å²) in [6, 6.07) is 6.69. The Kier molecular flexibility index (Phi) is 5.17. The van der Waals surface area contributed by atoms with Crippen LogP contribution >= 0.6 is 0 Å². The first-order valence-corrected chi connectivity index (χ1v) is 6.89. The van der Waals surface area contributed by atoms with Crippen molar-refractivity contribution in [2.45, 2.75) is 44.7 Å². The molecule has 0 aliphatic heterocycles. The second-order valence-electron chi connectivity index (χ2n) is 5.08. The van der Waals surface area contributed by atoms with Gasteiger partial charge in [-0.05, 0) is 48.8 Å². The molecule has 3 nitrogen and oxygen atoms in total. The summed E-state index contributed by atoms with van der Waals surface area (Å²) in [5.74, 6) is 0. The Bertz CT molecular complexity index is 379. The first-order valence-electron chi connectivity index (χ1n) is 6.89. The molecule has 1 aliphatic rings. The van der Waals surface area contributed by atoms with Gasteiger partial charge < -0.3 is 15.5 Å². The summed E-state index contributed by atoms with van der Waals surface area (Å²) in [6.45, 7) is 0.951. The molecule has 18 heavy (non-hydrogen) atoms. The van der Waals surface area contributed by atoms with Crippen molar-refractivity contribution in [1.82, 2.24) is 5.32 Å². The molecule has 0 heterocycles. The van der Waals surface area contributed by atoms with Crippen LogP contribution in [0.25, 0.3) is 0 Å². The molecular weight excluding hydrogens is 226 g/mol. The highest BCUT2D eigenvalue weighted by atomic mass is 16.3. The van der Waals surface area contributed by atoms with E-state index < -0.39 is 0 Å². The smallest absolute Gasteiger partial charge is 0.0585 e. The lowest BCUT2D eigenvalue weighted by molar-refractivity contribution is 0.200. The predicted molar refractivity (Wildman–Crippen MR) is 72.5 cm³/mol. The van der Waals surface area contributed by atoms with Crippen LogP contribution in [-0.2, 0) is 19.4 Å². The molecule has 3 heteroatoms. The fraction of sp³-hybridized carbons (Fsp3) is 0.600. The molecule has 3 N–H and O–H groups in total. The molecule has 0 saturated carbocycles. The van der Waals surface area contributed by atoms with Crippen LogP contribution in [0.5, 0.6) is 0 Å². The summed E-state index contributed by atoms with van der Waals surface area (Å²) in [5.41, 5.74) is 4.26. The van der Waals surface area contributed by atoms with Gasteiger partial charge in [-0.25, -0.2) is 0 Å². The number of fused-ring (bicyclic) bond motifs is 1. The lowest BCUT2D eigenvalue weighted by atomic mass is 9.90. The van der Waals surface area contributed by atoms with E-state index in [2.05, 4.69) is 23.5 Å². The van der Waals surface area contributed by atoms with E-state index in [1.807, 2.05) is 0 Å². The number of rotatable bonds is 6. The molecule has 0 bridgehead atoms. The Morgan fingerprint density at radius 1 is 1.11 bits per heavy atom. The quantitative estimate of drug-likeness (QED) is 0.714. The van der Waals surface area contributed by atoms with E-state index in [0.29, 0.717) is 6.42 Å². The molecule has 0 saturated heterocycles. The van der Waals surface area contributed by atoms with Gasteiger partial charge in [-0.15, -0.1) is 0 Å². The third-order valence-electron chi connectivity index (χ3n) is 3.71. The number of aryl methyl sites for hydroxylation is 2. The van der Waals surface area contributed by atoms with E-state index in [1.165, 1.54) is 42.4 Å². The van der Waals surface area contributed by atoms with Gasteiger partial charge in [0.2, 0.25) is 0 Å². The molecule has 1 unspecified atom stereocenters. The zero-order chi connectivity index (χ0) is 12.8. The maximum Gasteiger partial charge on any atom is 0.0585 e. The minimum absolute atomic E-state index is 0.00830. The largest absolute Gasteiger partial charge is 0.396 e. The van der Waals surface area contributed by atoms with E-state index in [4.69, 9.17) is 10.2 Å². The van der Waals surface area contributed by atoms with Gasteiger partial charge in [0.05, 0.1) is 6.61 Å². The van der Waals surface area contributed by atoms with Crippen molar-refractivity contribution in [2.75, 3.05) is 13.2 Å². The van der Waals surface area contributed by atoms with Crippen LogP contribution in [0.2, 0.25) is 0 Å². The predicted octanol–water partition coefficient (Wildman–Crippen LogP) is 1.40. The lowest BCUT2D eigenvalue weighted by Gasteiger charge is -2.18. The third-order valence-corrected chi connectivity index (χ3v) is 3.71. The molecule has 1 aromatic rings. The highest BCUT2D eigenvalue weighted by Gasteiger charge is 2.10. The zero-order valence-electron chi connectivity index (χ0n) is 10.9. The molecule has 2 rings (SSSR count). The molecule has 1 aliphatic carbocycles. The molecule has 100 valence electrons. The second kappa shape index (κ2) is 6.88. The van der Waals surface area contributed by atoms with E-state index in [0.717, 1.165) is 6.54 Å². The summed E-state index contributed by atoms with van der Waals surface area (Å²) in [6.07, 6.45) is 5.62. The minimum Gasteiger partial charge on any atom is -0.396 e. The van der Waals surface area contributed by atoms with Gasteiger partial charge in [0.1, 0.15) is 0 Å².